The molecule has 0 aromatic rings. The summed E-state index contributed by atoms with van der Waals surface area (Å²) in [5.74, 6) is -0.183. The molecule has 0 saturated heterocycles. The highest BCUT2D eigenvalue weighted by molar-refractivity contribution is 5.72. The van der Waals surface area contributed by atoms with Crippen LogP contribution in [0.2, 0.25) is 0 Å². The van der Waals surface area contributed by atoms with Crippen molar-refractivity contribution in [3.8, 4) is 0 Å². The fourth-order valence-electron chi connectivity index (χ4n) is 0.801. The van der Waals surface area contributed by atoms with Gasteiger partial charge in [0.15, 0.2) is 0 Å². The van der Waals surface area contributed by atoms with Gasteiger partial charge in [-0.1, -0.05) is 31.6 Å². The highest BCUT2D eigenvalue weighted by Crippen LogP contribution is 2.04. The molecule has 80 valence electrons. The van der Waals surface area contributed by atoms with Gasteiger partial charge in [-0.15, -0.1) is 0 Å². The van der Waals surface area contributed by atoms with E-state index >= 15 is 0 Å². The van der Waals surface area contributed by atoms with E-state index in [4.69, 9.17) is 4.74 Å². The summed E-state index contributed by atoms with van der Waals surface area (Å²) in [6.45, 7) is 10.2. The molecule has 0 aromatic carbocycles. The average Bonchev–Trinajstić information content (AvgIpc) is 2.17. The zero-order valence-corrected chi connectivity index (χ0v) is 9.43. The van der Waals surface area contributed by atoms with Crippen molar-refractivity contribution < 1.29 is 9.53 Å². The van der Waals surface area contributed by atoms with Crippen LogP contribution in [0.1, 0.15) is 40.0 Å². The lowest BCUT2D eigenvalue weighted by molar-refractivity contribution is -0.141. The van der Waals surface area contributed by atoms with Crippen LogP contribution in [-0.2, 0) is 9.53 Å². The van der Waals surface area contributed by atoms with E-state index in [1.807, 2.05) is 19.9 Å². The normalized spacial score (nSPS) is 11.2. The Morgan fingerprint density at radius 1 is 1.36 bits per heavy atom. The van der Waals surface area contributed by atoms with Crippen molar-refractivity contribution in [2.24, 2.45) is 0 Å². The number of carbonyl (C=O) groups excluding carboxylic acids is 1. The summed E-state index contributed by atoms with van der Waals surface area (Å²) in [5, 5.41) is 0. The number of ether oxygens (including phenoxy) is 1. The Balaban J connectivity index is 3.70. The molecule has 0 aliphatic heterocycles. The second-order valence-electron chi connectivity index (χ2n) is 3.37. The number of hydrogen-bond acceptors (Lipinski definition) is 2. The fraction of sp³-hybridized carbons (Fsp3) is 0.583. The van der Waals surface area contributed by atoms with Crippen molar-refractivity contribution >= 4 is 5.97 Å². The Morgan fingerprint density at radius 3 is 2.50 bits per heavy atom. The summed E-state index contributed by atoms with van der Waals surface area (Å²) in [6, 6.07) is 0. The molecule has 0 aliphatic rings. The molecule has 0 radical (unpaired) electrons. The van der Waals surface area contributed by atoms with Crippen LogP contribution in [0.15, 0.2) is 23.8 Å². The highest BCUT2D eigenvalue weighted by atomic mass is 16.5. The van der Waals surface area contributed by atoms with Gasteiger partial charge in [0.05, 0.1) is 6.42 Å². The van der Waals surface area contributed by atoms with E-state index < -0.39 is 0 Å². The summed E-state index contributed by atoms with van der Waals surface area (Å²) >= 11 is 0. The smallest absolute Gasteiger partial charge is 0.310 e. The lowest BCUT2D eigenvalue weighted by Gasteiger charge is -2.03. The monoisotopic (exact) mass is 196 g/mol. The topological polar surface area (TPSA) is 26.3 Å². The summed E-state index contributed by atoms with van der Waals surface area (Å²) in [7, 11) is 0. The molecule has 0 amide bonds. The van der Waals surface area contributed by atoms with E-state index in [-0.39, 0.29) is 5.97 Å². The van der Waals surface area contributed by atoms with Crippen molar-refractivity contribution in [3.05, 3.63) is 23.8 Å². The predicted molar refractivity (Wildman–Crippen MR) is 59.1 cm³/mol. The van der Waals surface area contributed by atoms with Gasteiger partial charge in [0.25, 0.3) is 0 Å². The van der Waals surface area contributed by atoms with Gasteiger partial charge >= 0.3 is 5.97 Å². The highest BCUT2D eigenvalue weighted by Gasteiger charge is 2.02. The molecule has 0 atom stereocenters. The number of rotatable bonds is 6. The van der Waals surface area contributed by atoms with Gasteiger partial charge in [-0.3, -0.25) is 4.79 Å². The maximum Gasteiger partial charge on any atom is 0.310 e. The molecule has 0 N–H and O–H groups in total. The van der Waals surface area contributed by atoms with Gasteiger partial charge < -0.3 is 4.74 Å². The number of carbonyl (C=O) groups is 1. The molecule has 0 heterocycles. The minimum absolute atomic E-state index is 0.183. The van der Waals surface area contributed by atoms with E-state index in [9.17, 15) is 4.79 Å². The third kappa shape index (κ3) is 6.46. The Morgan fingerprint density at radius 2 is 2.00 bits per heavy atom. The Kier molecular flexibility index (Phi) is 6.81. The van der Waals surface area contributed by atoms with Crippen molar-refractivity contribution in [1.82, 2.24) is 0 Å². The zero-order chi connectivity index (χ0) is 11.0. The van der Waals surface area contributed by atoms with E-state index in [0.29, 0.717) is 13.0 Å². The van der Waals surface area contributed by atoms with Crippen LogP contribution in [0.5, 0.6) is 0 Å². The van der Waals surface area contributed by atoms with Gasteiger partial charge in [0.2, 0.25) is 0 Å². The first-order valence-electron chi connectivity index (χ1n) is 5.08. The van der Waals surface area contributed by atoms with Crippen LogP contribution in [0.25, 0.3) is 0 Å². The first-order valence-corrected chi connectivity index (χ1v) is 5.08. The molecule has 0 aliphatic carbocycles. The van der Waals surface area contributed by atoms with Crippen molar-refractivity contribution in [1.29, 1.82) is 0 Å². The van der Waals surface area contributed by atoms with Gasteiger partial charge in [0, 0.05) is 0 Å². The summed E-state index contributed by atoms with van der Waals surface area (Å²) in [6.07, 6.45) is 4.11. The van der Waals surface area contributed by atoms with Crippen LogP contribution in [-0.4, -0.2) is 12.6 Å². The fourth-order valence-corrected chi connectivity index (χ4v) is 0.801. The minimum Gasteiger partial charge on any atom is -0.461 e. The second kappa shape index (κ2) is 7.36. The van der Waals surface area contributed by atoms with E-state index in [1.54, 1.807) is 0 Å². The molecule has 0 saturated carbocycles. The lowest BCUT2D eigenvalue weighted by Crippen LogP contribution is -2.05. The molecule has 2 nitrogen and oxygen atoms in total. The van der Waals surface area contributed by atoms with Crippen LogP contribution in [0.4, 0.5) is 0 Å². The van der Waals surface area contributed by atoms with Crippen molar-refractivity contribution in [2.75, 3.05) is 6.61 Å². The lowest BCUT2D eigenvalue weighted by atomic mass is 10.2. The van der Waals surface area contributed by atoms with Gasteiger partial charge in [-0.25, -0.2) is 0 Å². The maximum absolute atomic E-state index is 11.2. The number of esters is 1. The van der Waals surface area contributed by atoms with Crippen LogP contribution in [0.3, 0.4) is 0 Å². The molecule has 0 fully saturated rings. The van der Waals surface area contributed by atoms with Crippen molar-refractivity contribution in [3.63, 3.8) is 0 Å². The Bertz CT molecular complexity index is 226. The largest absolute Gasteiger partial charge is 0.461 e. The molecule has 0 spiro atoms. The summed E-state index contributed by atoms with van der Waals surface area (Å²) < 4.78 is 5.01. The molecule has 0 rings (SSSR count). The quantitative estimate of drug-likeness (QED) is 0.481. The first kappa shape index (κ1) is 12.9. The zero-order valence-electron chi connectivity index (χ0n) is 9.43. The molecule has 0 aromatic heterocycles. The van der Waals surface area contributed by atoms with Crippen LogP contribution in [0, 0.1) is 0 Å². The SMILES string of the molecule is C=C(CC)CC(=O)OCC=C(C)CC. The summed E-state index contributed by atoms with van der Waals surface area (Å²) in [4.78, 5) is 11.2. The molecular formula is C12H20O2. The van der Waals surface area contributed by atoms with E-state index in [2.05, 4.69) is 13.5 Å². The molecule has 0 unspecified atom stereocenters. The van der Waals surface area contributed by atoms with Crippen molar-refractivity contribution in [2.45, 2.75) is 40.0 Å². The molecule has 14 heavy (non-hydrogen) atoms. The molecule has 2 heteroatoms. The van der Waals surface area contributed by atoms with Gasteiger partial charge in [0.1, 0.15) is 6.61 Å². The Hall–Kier alpha value is -1.05. The predicted octanol–water partition coefficient (Wildman–Crippen LogP) is 3.24. The molecule has 0 bridgehead atoms. The third-order valence-corrected chi connectivity index (χ3v) is 2.13. The van der Waals surface area contributed by atoms with Gasteiger partial charge in [-0.2, -0.15) is 0 Å². The first-order chi connectivity index (χ1) is 6.60. The number of hydrogen-bond donors (Lipinski definition) is 0. The number of allylic oxidation sites excluding steroid dienone is 1. The van der Waals surface area contributed by atoms with E-state index in [1.165, 1.54) is 5.57 Å². The van der Waals surface area contributed by atoms with Crippen LogP contribution >= 0.6 is 0 Å². The van der Waals surface area contributed by atoms with Gasteiger partial charge in [-0.05, 0) is 25.8 Å². The maximum atomic E-state index is 11.2. The van der Waals surface area contributed by atoms with E-state index in [0.717, 1.165) is 18.4 Å². The third-order valence-electron chi connectivity index (χ3n) is 2.13. The Labute approximate surface area is 86.6 Å². The molecular weight excluding hydrogens is 176 g/mol. The van der Waals surface area contributed by atoms with Crippen LogP contribution < -0.4 is 0 Å². The average molecular weight is 196 g/mol. The minimum atomic E-state index is -0.183. The second-order valence-corrected chi connectivity index (χ2v) is 3.37. The summed E-state index contributed by atoms with van der Waals surface area (Å²) in [5.41, 5.74) is 2.17. The standard InChI is InChI=1S/C12H20O2/c1-5-10(3)7-8-14-12(13)9-11(4)6-2/h7H,4-6,8-9H2,1-3H3.